The van der Waals surface area contributed by atoms with Crippen LogP contribution in [0.1, 0.15) is 23.2 Å². The highest BCUT2D eigenvalue weighted by Gasteiger charge is 2.36. The molecule has 86 valence electrons. The standard InChI is InChI=1S/C13H11BrN2O/c14-13(11-8-17-12(15)16-11)7-3-5-9-4-1-2-6-10(9)13/h1-6,8H,7H2,(H2,15,16). The molecule has 1 aliphatic rings. The van der Waals surface area contributed by atoms with Crippen LogP contribution in [0.5, 0.6) is 0 Å². The molecule has 2 N–H and O–H groups in total. The molecule has 1 aromatic heterocycles. The fraction of sp³-hybridized carbons (Fsp3) is 0.154. The number of aromatic nitrogens is 1. The van der Waals surface area contributed by atoms with Crippen LogP contribution in [0.2, 0.25) is 0 Å². The normalized spacial score (nSPS) is 22.4. The molecule has 1 aromatic carbocycles. The van der Waals surface area contributed by atoms with Crippen molar-refractivity contribution < 1.29 is 4.42 Å². The van der Waals surface area contributed by atoms with Crippen molar-refractivity contribution in [2.45, 2.75) is 10.7 Å². The minimum absolute atomic E-state index is 0.200. The third-order valence-corrected chi connectivity index (χ3v) is 4.17. The summed E-state index contributed by atoms with van der Waals surface area (Å²) in [6, 6.07) is 8.44. The summed E-state index contributed by atoms with van der Waals surface area (Å²) in [4.78, 5) is 4.24. The summed E-state index contributed by atoms with van der Waals surface area (Å²) < 4.78 is 4.78. The highest BCUT2D eigenvalue weighted by atomic mass is 79.9. The third-order valence-electron chi connectivity index (χ3n) is 3.01. The summed E-state index contributed by atoms with van der Waals surface area (Å²) in [5, 5.41) is 0. The Bertz CT molecular complexity index is 591. The molecule has 0 radical (unpaired) electrons. The van der Waals surface area contributed by atoms with E-state index in [0.29, 0.717) is 0 Å². The Kier molecular flexibility index (Phi) is 2.33. The number of rotatable bonds is 1. The first-order valence-corrected chi connectivity index (χ1v) is 6.16. The van der Waals surface area contributed by atoms with E-state index in [1.165, 1.54) is 11.1 Å². The van der Waals surface area contributed by atoms with Gasteiger partial charge in [0, 0.05) is 0 Å². The Hall–Kier alpha value is -1.55. The van der Waals surface area contributed by atoms with E-state index < -0.39 is 0 Å². The van der Waals surface area contributed by atoms with Crippen molar-refractivity contribution in [3.63, 3.8) is 0 Å². The number of nitrogens with two attached hydrogens (primary N) is 1. The molecule has 1 aliphatic carbocycles. The van der Waals surface area contributed by atoms with Crippen LogP contribution in [0.3, 0.4) is 0 Å². The molecule has 0 spiro atoms. The van der Waals surface area contributed by atoms with Gasteiger partial charge in [0.05, 0.1) is 4.32 Å². The van der Waals surface area contributed by atoms with Crippen molar-refractivity contribution in [2.75, 3.05) is 5.73 Å². The Morgan fingerprint density at radius 3 is 2.94 bits per heavy atom. The maximum atomic E-state index is 5.55. The fourth-order valence-electron chi connectivity index (χ4n) is 2.17. The van der Waals surface area contributed by atoms with Gasteiger partial charge in [-0.05, 0) is 17.5 Å². The van der Waals surface area contributed by atoms with E-state index in [2.05, 4.69) is 45.2 Å². The molecule has 1 unspecified atom stereocenters. The second-order valence-corrected chi connectivity index (χ2v) is 5.42. The molecule has 0 amide bonds. The summed E-state index contributed by atoms with van der Waals surface area (Å²) in [7, 11) is 0. The summed E-state index contributed by atoms with van der Waals surface area (Å²) >= 11 is 3.79. The number of halogens is 1. The Labute approximate surface area is 107 Å². The van der Waals surface area contributed by atoms with Gasteiger partial charge in [-0.15, -0.1) is 0 Å². The predicted molar refractivity (Wildman–Crippen MR) is 70.7 cm³/mol. The lowest BCUT2D eigenvalue weighted by atomic mass is 9.85. The minimum atomic E-state index is -0.334. The first kappa shape index (κ1) is 10.6. The molecular formula is C13H11BrN2O. The van der Waals surface area contributed by atoms with E-state index in [1.54, 1.807) is 6.26 Å². The maximum absolute atomic E-state index is 5.55. The lowest BCUT2D eigenvalue weighted by molar-refractivity contribution is 0.575. The van der Waals surface area contributed by atoms with Crippen LogP contribution < -0.4 is 5.73 Å². The molecule has 2 aromatic rings. The second-order valence-electron chi connectivity index (χ2n) is 4.07. The van der Waals surface area contributed by atoms with Crippen LogP contribution in [-0.4, -0.2) is 4.98 Å². The largest absolute Gasteiger partial charge is 0.432 e. The second kappa shape index (κ2) is 3.74. The number of nitrogens with zero attached hydrogens (tertiary/aromatic N) is 1. The molecule has 17 heavy (non-hydrogen) atoms. The summed E-state index contributed by atoms with van der Waals surface area (Å²) in [5.41, 5.74) is 8.74. The van der Waals surface area contributed by atoms with Crippen molar-refractivity contribution in [1.82, 2.24) is 4.98 Å². The predicted octanol–water partition coefficient (Wildman–Crippen LogP) is 3.31. The van der Waals surface area contributed by atoms with Crippen LogP contribution >= 0.6 is 15.9 Å². The average Bonchev–Trinajstić information content (AvgIpc) is 2.77. The van der Waals surface area contributed by atoms with Crippen molar-refractivity contribution in [3.05, 3.63) is 53.4 Å². The number of hydrogen-bond acceptors (Lipinski definition) is 3. The van der Waals surface area contributed by atoms with Gasteiger partial charge < -0.3 is 10.2 Å². The van der Waals surface area contributed by atoms with Crippen molar-refractivity contribution in [3.8, 4) is 0 Å². The number of hydrogen-bond donors (Lipinski definition) is 1. The minimum Gasteiger partial charge on any atom is -0.432 e. The highest BCUT2D eigenvalue weighted by molar-refractivity contribution is 9.09. The van der Waals surface area contributed by atoms with Crippen LogP contribution in [0.25, 0.3) is 6.08 Å². The number of alkyl halides is 1. The van der Waals surface area contributed by atoms with Gasteiger partial charge in [0.1, 0.15) is 12.0 Å². The van der Waals surface area contributed by atoms with E-state index >= 15 is 0 Å². The smallest absolute Gasteiger partial charge is 0.292 e. The van der Waals surface area contributed by atoms with Gasteiger partial charge in [-0.3, -0.25) is 0 Å². The van der Waals surface area contributed by atoms with Gasteiger partial charge in [0.15, 0.2) is 0 Å². The molecular weight excluding hydrogens is 280 g/mol. The summed E-state index contributed by atoms with van der Waals surface area (Å²) in [6.45, 7) is 0. The van der Waals surface area contributed by atoms with E-state index in [1.807, 2.05) is 12.1 Å². The molecule has 0 saturated carbocycles. The Morgan fingerprint density at radius 2 is 2.18 bits per heavy atom. The topological polar surface area (TPSA) is 52.0 Å². The molecule has 3 nitrogen and oxygen atoms in total. The van der Waals surface area contributed by atoms with Crippen molar-refractivity contribution in [1.29, 1.82) is 0 Å². The SMILES string of the molecule is Nc1nc(C2(Br)CC=Cc3ccccc32)co1. The molecule has 1 atom stereocenters. The first-order chi connectivity index (χ1) is 8.20. The number of oxazole rings is 1. The van der Waals surface area contributed by atoms with Gasteiger partial charge in [-0.1, -0.05) is 52.3 Å². The molecule has 0 aliphatic heterocycles. The van der Waals surface area contributed by atoms with Crippen LogP contribution in [-0.2, 0) is 4.32 Å². The summed E-state index contributed by atoms with van der Waals surface area (Å²) in [6.07, 6.45) is 6.69. The number of allylic oxidation sites excluding steroid dienone is 1. The molecule has 1 heterocycles. The lowest BCUT2D eigenvalue weighted by Gasteiger charge is -2.29. The van der Waals surface area contributed by atoms with Gasteiger partial charge in [-0.2, -0.15) is 4.98 Å². The zero-order chi connectivity index (χ0) is 11.9. The number of benzene rings is 1. The van der Waals surface area contributed by atoms with Gasteiger partial charge in [0.25, 0.3) is 6.01 Å². The monoisotopic (exact) mass is 290 g/mol. The fourth-order valence-corrected chi connectivity index (χ4v) is 2.90. The molecule has 4 heteroatoms. The Morgan fingerprint density at radius 1 is 1.35 bits per heavy atom. The average molecular weight is 291 g/mol. The van der Waals surface area contributed by atoms with Gasteiger partial charge in [-0.25, -0.2) is 0 Å². The zero-order valence-corrected chi connectivity index (χ0v) is 10.6. The quantitative estimate of drug-likeness (QED) is 0.820. The van der Waals surface area contributed by atoms with Gasteiger partial charge >= 0.3 is 0 Å². The van der Waals surface area contributed by atoms with Gasteiger partial charge in [0.2, 0.25) is 0 Å². The van der Waals surface area contributed by atoms with Crippen LogP contribution in [0, 0.1) is 0 Å². The molecule has 0 bridgehead atoms. The molecule has 0 saturated heterocycles. The van der Waals surface area contributed by atoms with E-state index in [9.17, 15) is 0 Å². The maximum Gasteiger partial charge on any atom is 0.292 e. The number of nitrogen functional groups attached to an aromatic ring is 1. The lowest BCUT2D eigenvalue weighted by Crippen LogP contribution is -2.22. The number of fused-ring (bicyclic) bond motifs is 1. The highest BCUT2D eigenvalue weighted by Crippen LogP contribution is 2.45. The first-order valence-electron chi connectivity index (χ1n) is 5.36. The molecule has 0 fully saturated rings. The van der Waals surface area contributed by atoms with Crippen LogP contribution in [0.15, 0.2) is 41.0 Å². The third kappa shape index (κ3) is 1.60. The zero-order valence-electron chi connectivity index (χ0n) is 9.06. The molecule has 3 rings (SSSR count). The summed E-state index contributed by atoms with van der Waals surface area (Å²) in [5.74, 6) is 0. The van der Waals surface area contributed by atoms with E-state index in [-0.39, 0.29) is 10.3 Å². The Balaban J connectivity index is 2.18. The number of anilines is 1. The van der Waals surface area contributed by atoms with Crippen LogP contribution in [0.4, 0.5) is 6.01 Å². The van der Waals surface area contributed by atoms with E-state index in [4.69, 9.17) is 10.2 Å². The van der Waals surface area contributed by atoms with E-state index in [0.717, 1.165) is 12.1 Å². The van der Waals surface area contributed by atoms with Crippen molar-refractivity contribution >= 4 is 28.0 Å². The van der Waals surface area contributed by atoms with Crippen molar-refractivity contribution in [2.24, 2.45) is 0 Å².